The van der Waals surface area contributed by atoms with E-state index in [1.165, 1.54) is 4.90 Å². The molecule has 0 bridgehead atoms. The number of hydrogen-bond acceptors (Lipinski definition) is 7. The van der Waals surface area contributed by atoms with Gasteiger partial charge in [0.2, 0.25) is 5.91 Å². The number of amides is 2. The molecule has 40 heavy (non-hydrogen) atoms. The molecule has 4 aromatic carbocycles. The molecule has 0 unspecified atom stereocenters. The molecule has 2 saturated heterocycles. The van der Waals surface area contributed by atoms with Crippen LogP contribution in [0.25, 0.3) is 0 Å². The number of carbonyl (C=O) groups is 3. The number of rotatable bonds is 7. The summed E-state index contributed by atoms with van der Waals surface area (Å²) < 4.78 is 11.2. The molecule has 6 rings (SSSR count). The van der Waals surface area contributed by atoms with Crippen molar-refractivity contribution in [3.8, 4) is 11.5 Å². The Balaban J connectivity index is 1.34. The molecule has 200 valence electrons. The van der Waals surface area contributed by atoms with Crippen molar-refractivity contribution in [3.63, 3.8) is 0 Å². The maximum Gasteiger partial charge on any atom is 0.343 e. The second kappa shape index (κ2) is 10.7. The molecular formula is C32H26N2O6. The molecule has 2 aliphatic rings. The quantitative estimate of drug-likeness (QED) is 0.179. The Bertz CT molecular complexity index is 1540. The van der Waals surface area contributed by atoms with Crippen LogP contribution in [0.2, 0.25) is 0 Å². The number of fused-ring (bicyclic) bond motifs is 1. The van der Waals surface area contributed by atoms with Gasteiger partial charge < -0.3 is 9.47 Å². The van der Waals surface area contributed by atoms with Gasteiger partial charge in [-0.05, 0) is 61.0 Å². The average molecular weight is 535 g/mol. The van der Waals surface area contributed by atoms with Crippen LogP contribution in [0.5, 0.6) is 11.5 Å². The highest BCUT2D eigenvalue weighted by Gasteiger charge is 2.60. The molecule has 2 fully saturated rings. The van der Waals surface area contributed by atoms with Crippen LogP contribution < -0.4 is 19.4 Å². The van der Waals surface area contributed by atoms with E-state index in [4.69, 9.17) is 14.3 Å². The van der Waals surface area contributed by atoms with E-state index in [2.05, 4.69) is 0 Å². The predicted octanol–water partition coefficient (Wildman–Crippen LogP) is 5.36. The molecule has 0 radical (unpaired) electrons. The summed E-state index contributed by atoms with van der Waals surface area (Å²) in [6, 6.07) is 31.4. The van der Waals surface area contributed by atoms with E-state index in [9.17, 15) is 14.4 Å². The zero-order chi connectivity index (χ0) is 27.6. The minimum Gasteiger partial charge on any atom is -0.492 e. The number of esters is 1. The summed E-state index contributed by atoms with van der Waals surface area (Å²) in [7, 11) is 0. The van der Waals surface area contributed by atoms with Crippen LogP contribution in [0.15, 0.2) is 109 Å². The maximum atomic E-state index is 14.0. The third-order valence-corrected chi connectivity index (χ3v) is 6.97. The van der Waals surface area contributed by atoms with Crippen LogP contribution in [0.1, 0.15) is 28.9 Å². The highest BCUT2D eigenvalue weighted by molar-refractivity contribution is 6.24. The van der Waals surface area contributed by atoms with E-state index in [1.807, 2.05) is 43.3 Å². The first-order valence-corrected chi connectivity index (χ1v) is 13.0. The second-order valence-corrected chi connectivity index (χ2v) is 9.40. The molecule has 2 amide bonds. The third kappa shape index (κ3) is 4.48. The summed E-state index contributed by atoms with van der Waals surface area (Å²) in [5, 5.41) is 1.63. The highest BCUT2D eigenvalue weighted by Crippen LogP contribution is 2.48. The molecule has 3 atom stereocenters. The maximum absolute atomic E-state index is 14.0. The van der Waals surface area contributed by atoms with Crippen LogP contribution in [-0.4, -0.2) is 30.5 Å². The predicted molar refractivity (Wildman–Crippen MR) is 148 cm³/mol. The molecule has 2 aliphatic heterocycles. The van der Waals surface area contributed by atoms with Gasteiger partial charge in [-0.1, -0.05) is 60.7 Å². The zero-order valence-corrected chi connectivity index (χ0v) is 21.7. The third-order valence-electron chi connectivity index (χ3n) is 6.97. The second-order valence-electron chi connectivity index (χ2n) is 9.40. The Morgan fingerprint density at radius 3 is 2.15 bits per heavy atom. The number of hydrogen-bond donors (Lipinski definition) is 0. The standard InChI is InChI=1S/C32H26N2O6/c1-2-38-26-16-10-9-15-25(26)33-30(35)27-28(34(40-29(27)31(33)36)23-13-7-4-8-14-23)21-17-19-24(20-18-21)39-32(37)22-11-5-3-6-12-22/h3-20,27-29H,2H2,1H3/t27-,28+,29+/m0/s1. The van der Waals surface area contributed by atoms with Crippen LogP contribution in [-0.2, 0) is 14.4 Å². The first-order valence-electron chi connectivity index (χ1n) is 13.0. The van der Waals surface area contributed by atoms with Gasteiger partial charge in [-0.25, -0.2) is 14.8 Å². The molecule has 4 aromatic rings. The average Bonchev–Trinajstić information content (AvgIpc) is 3.50. The number of hydroxylamine groups is 1. The topological polar surface area (TPSA) is 85.4 Å². The fraction of sp³-hybridized carbons (Fsp3) is 0.156. The van der Waals surface area contributed by atoms with Gasteiger partial charge in [0.05, 0.1) is 29.6 Å². The van der Waals surface area contributed by atoms with Crippen molar-refractivity contribution in [1.29, 1.82) is 0 Å². The largest absolute Gasteiger partial charge is 0.492 e. The Morgan fingerprint density at radius 2 is 1.45 bits per heavy atom. The number of imide groups is 1. The summed E-state index contributed by atoms with van der Waals surface area (Å²) in [5.41, 5.74) is 2.28. The number of ether oxygens (including phenoxy) is 2. The molecule has 2 heterocycles. The number of benzene rings is 4. The van der Waals surface area contributed by atoms with Crippen LogP contribution >= 0.6 is 0 Å². The molecular weight excluding hydrogens is 508 g/mol. The van der Waals surface area contributed by atoms with Gasteiger partial charge in [0.1, 0.15) is 17.4 Å². The number of para-hydroxylation sites is 3. The van der Waals surface area contributed by atoms with Gasteiger partial charge in [-0.15, -0.1) is 0 Å². The molecule has 0 N–H and O–H groups in total. The molecule has 0 spiro atoms. The van der Waals surface area contributed by atoms with Crippen molar-refractivity contribution in [2.75, 3.05) is 16.6 Å². The SMILES string of the molecule is CCOc1ccccc1N1C(=O)[C@H]2[C@@H](c3ccc(OC(=O)c4ccccc4)cc3)N(c3ccccc3)O[C@H]2C1=O. The fourth-order valence-electron chi connectivity index (χ4n) is 5.18. The first kappa shape index (κ1) is 25.3. The Kier molecular flexibility index (Phi) is 6.76. The van der Waals surface area contributed by atoms with Gasteiger partial charge in [0.15, 0.2) is 6.10 Å². The van der Waals surface area contributed by atoms with E-state index < -0.39 is 29.9 Å². The lowest BCUT2D eigenvalue weighted by Crippen LogP contribution is -2.37. The van der Waals surface area contributed by atoms with E-state index in [1.54, 1.807) is 77.9 Å². The lowest BCUT2D eigenvalue weighted by atomic mass is 9.90. The van der Waals surface area contributed by atoms with Crippen molar-refractivity contribution < 1.29 is 28.7 Å². The van der Waals surface area contributed by atoms with Crippen molar-refractivity contribution in [1.82, 2.24) is 0 Å². The fourth-order valence-corrected chi connectivity index (χ4v) is 5.18. The number of carbonyl (C=O) groups excluding carboxylic acids is 3. The van der Waals surface area contributed by atoms with Crippen molar-refractivity contribution in [2.24, 2.45) is 5.92 Å². The van der Waals surface area contributed by atoms with Gasteiger partial charge in [0, 0.05) is 0 Å². The number of anilines is 2. The minimum atomic E-state index is -1.01. The van der Waals surface area contributed by atoms with Crippen molar-refractivity contribution in [3.05, 3.63) is 120 Å². The highest BCUT2D eigenvalue weighted by atomic mass is 16.7. The van der Waals surface area contributed by atoms with Crippen LogP contribution in [0.3, 0.4) is 0 Å². The van der Waals surface area contributed by atoms with Crippen LogP contribution in [0.4, 0.5) is 11.4 Å². The van der Waals surface area contributed by atoms with Crippen LogP contribution in [0, 0.1) is 5.92 Å². The molecule has 8 nitrogen and oxygen atoms in total. The summed E-state index contributed by atoms with van der Waals surface area (Å²) >= 11 is 0. The molecule has 0 saturated carbocycles. The summed E-state index contributed by atoms with van der Waals surface area (Å²) in [6.45, 7) is 2.24. The number of nitrogens with zero attached hydrogens (tertiary/aromatic N) is 2. The Hall–Kier alpha value is -4.95. The van der Waals surface area contributed by atoms with Gasteiger partial charge in [-0.2, -0.15) is 0 Å². The van der Waals surface area contributed by atoms with E-state index in [-0.39, 0.29) is 5.91 Å². The van der Waals surface area contributed by atoms with Gasteiger partial charge >= 0.3 is 5.97 Å². The van der Waals surface area contributed by atoms with E-state index in [0.717, 1.165) is 5.56 Å². The lowest BCUT2D eigenvalue weighted by Gasteiger charge is -2.29. The molecule has 8 heteroatoms. The van der Waals surface area contributed by atoms with E-state index in [0.29, 0.717) is 35.0 Å². The summed E-state index contributed by atoms with van der Waals surface area (Å²) in [5.74, 6) is -1.28. The smallest absolute Gasteiger partial charge is 0.343 e. The molecule has 0 aliphatic carbocycles. The minimum absolute atomic E-state index is 0.362. The summed E-state index contributed by atoms with van der Waals surface area (Å²) in [6.07, 6.45) is -1.01. The van der Waals surface area contributed by atoms with Crippen molar-refractivity contribution in [2.45, 2.75) is 19.1 Å². The van der Waals surface area contributed by atoms with Gasteiger partial charge in [-0.3, -0.25) is 14.4 Å². The Labute approximate surface area is 231 Å². The van der Waals surface area contributed by atoms with Gasteiger partial charge in [0.25, 0.3) is 5.91 Å². The van der Waals surface area contributed by atoms with E-state index >= 15 is 0 Å². The first-order chi connectivity index (χ1) is 19.6. The summed E-state index contributed by atoms with van der Waals surface area (Å²) in [4.78, 5) is 47.5. The van der Waals surface area contributed by atoms with Crippen molar-refractivity contribution >= 4 is 29.2 Å². The zero-order valence-electron chi connectivity index (χ0n) is 21.7. The lowest BCUT2D eigenvalue weighted by molar-refractivity contribution is -0.126. The Morgan fingerprint density at radius 1 is 0.800 bits per heavy atom. The normalized spacial score (nSPS) is 20.0. The monoisotopic (exact) mass is 534 g/mol. The molecule has 0 aromatic heterocycles.